The number of ketones is 1. The van der Waals surface area contributed by atoms with Crippen molar-refractivity contribution in [3.63, 3.8) is 0 Å². The molecule has 1 atom stereocenters. The van der Waals surface area contributed by atoms with Crippen LogP contribution in [-0.4, -0.2) is 5.78 Å². The van der Waals surface area contributed by atoms with Crippen molar-refractivity contribution < 1.29 is 4.79 Å². The van der Waals surface area contributed by atoms with Crippen LogP contribution in [0.4, 0.5) is 0 Å². The molecule has 1 aromatic rings. The highest BCUT2D eigenvalue weighted by Crippen LogP contribution is 2.24. The molecule has 1 rings (SSSR count). The molecule has 0 N–H and O–H groups in total. The van der Waals surface area contributed by atoms with Gasteiger partial charge in [0.1, 0.15) is 0 Å². The van der Waals surface area contributed by atoms with Gasteiger partial charge in [-0.25, -0.2) is 0 Å². The van der Waals surface area contributed by atoms with E-state index in [1.54, 1.807) is 18.2 Å². The van der Waals surface area contributed by atoms with Gasteiger partial charge in [0, 0.05) is 12.0 Å². The van der Waals surface area contributed by atoms with E-state index < -0.39 is 0 Å². The van der Waals surface area contributed by atoms with Crippen LogP contribution in [0, 0.1) is 5.92 Å². The van der Waals surface area contributed by atoms with Gasteiger partial charge >= 0.3 is 0 Å². The second-order valence-electron chi connectivity index (χ2n) is 3.77. The molecule has 0 aliphatic heterocycles. The van der Waals surface area contributed by atoms with Crippen LogP contribution in [0.5, 0.6) is 0 Å². The average Bonchev–Trinajstić information content (AvgIpc) is 2.21. The largest absolute Gasteiger partial charge is 0.294 e. The summed E-state index contributed by atoms with van der Waals surface area (Å²) >= 11 is 11.6. The maximum Gasteiger partial charge on any atom is 0.163 e. The molecule has 1 nitrogen and oxygen atoms in total. The minimum atomic E-state index is 0.128. The molecule has 1 unspecified atom stereocenters. The lowest BCUT2D eigenvalue weighted by Gasteiger charge is -2.07. The van der Waals surface area contributed by atoms with Gasteiger partial charge in [-0.15, -0.1) is 0 Å². The molecule has 0 spiro atoms. The SMILES string of the molecule is CCC(C)CC(=O)c1ccc(Cl)c(Cl)c1. The Kier molecular flexibility index (Phi) is 4.62. The van der Waals surface area contributed by atoms with Gasteiger partial charge in [-0.05, 0) is 24.1 Å². The van der Waals surface area contributed by atoms with Crippen molar-refractivity contribution in [2.45, 2.75) is 26.7 Å². The number of benzene rings is 1. The summed E-state index contributed by atoms with van der Waals surface area (Å²) in [5.74, 6) is 0.537. The molecular formula is C12H14Cl2O. The summed E-state index contributed by atoms with van der Waals surface area (Å²) in [7, 11) is 0. The van der Waals surface area contributed by atoms with E-state index in [2.05, 4.69) is 13.8 Å². The molecule has 0 saturated carbocycles. The summed E-state index contributed by atoms with van der Waals surface area (Å²) in [6, 6.07) is 5.02. The molecule has 0 bridgehead atoms. The van der Waals surface area contributed by atoms with E-state index in [-0.39, 0.29) is 5.78 Å². The van der Waals surface area contributed by atoms with Crippen LogP contribution in [-0.2, 0) is 0 Å². The Bertz CT molecular complexity index is 361. The van der Waals surface area contributed by atoms with Gasteiger partial charge < -0.3 is 0 Å². The Labute approximate surface area is 100 Å². The van der Waals surface area contributed by atoms with E-state index in [9.17, 15) is 4.79 Å². The average molecular weight is 245 g/mol. The Morgan fingerprint density at radius 2 is 2.00 bits per heavy atom. The van der Waals surface area contributed by atoms with Gasteiger partial charge in [0.15, 0.2) is 5.78 Å². The minimum absolute atomic E-state index is 0.128. The van der Waals surface area contributed by atoms with E-state index >= 15 is 0 Å². The predicted molar refractivity (Wildman–Crippen MR) is 64.9 cm³/mol. The maximum atomic E-state index is 11.8. The third-order valence-corrected chi connectivity index (χ3v) is 3.21. The highest BCUT2D eigenvalue weighted by atomic mass is 35.5. The van der Waals surface area contributed by atoms with Crippen molar-refractivity contribution in [2.24, 2.45) is 5.92 Å². The topological polar surface area (TPSA) is 17.1 Å². The Morgan fingerprint density at radius 1 is 1.33 bits per heavy atom. The van der Waals surface area contributed by atoms with Crippen molar-refractivity contribution >= 4 is 29.0 Å². The highest BCUT2D eigenvalue weighted by Gasteiger charge is 2.11. The quantitative estimate of drug-likeness (QED) is 0.708. The minimum Gasteiger partial charge on any atom is -0.294 e. The van der Waals surface area contributed by atoms with Crippen LogP contribution in [0.3, 0.4) is 0 Å². The van der Waals surface area contributed by atoms with Gasteiger partial charge in [0.25, 0.3) is 0 Å². The van der Waals surface area contributed by atoms with Crippen molar-refractivity contribution in [3.8, 4) is 0 Å². The van der Waals surface area contributed by atoms with Gasteiger partial charge in [-0.3, -0.25) is 4.79 Å². The summed E-state index contributed by atoms with van der Waals surface area (Å²) in [5, 5.41) is 0.920. The van der Waals surface area contributed by atoms with Crippen molar-refractivity contribution in [2.75, 3.05) is 0 Å². The molecule has 0 fully saturated rings. The summed E-state index contributed by atoms with van der Waals surface area (Å²) < 4.78 is 0. The monoisotopic (exact) mass is 244 g/mol. The zero-order valence-electron chi connectivity index (χ0n) is 8.89. The Morgan fingerprint density at radius 3 is 2.53 bits per heavy atom. The van der Waals surface area contributed by atoms with Gasteiger partial charge in [-0.1, -0.05) is 43.5 Å². The van der Waals surface area contributed by atoms with Crippen molar-refractivity contribution in [1.29, 1.82) is 0 Å². The lowest BCUT2D eigenvalue weighted by atomic mass is 9.98. The van der Waals surface area contributed by atoms with E-state index in [1.807, 2.05) is 0 Å². The van der Waals surface area contributed by atoms with Crippen LogP contribution < -0.4 is 0 Å². The lowest BCUT2D eigenvalue weighted by molar-refractivity contribution is 0.0963. The van der Waals surface area contributed by atoms with E-state index in [0.29, 0.717) is 27.9 Å². The lowest BCUT2D eigenvalue weighted by Crippen LogP contribution is -2.05. The van der Waals surface area contributed by atoms with Gasteiger partial charge in [-0.2, -0.15) is 0 Å². The van der Waals surface area contributed by atoms with Crippen LogP contribution >= 0.6 is 23.2 Å². The molecular weight excluding hydrogens is 231 g/mol. The fourth-order valence-electron chi connectivity index (χ4n) is 1.25. The second kappa shape index (κ2) is 5.53. The summed E-state index contributed by atoms with van der Waals surface area (Å²) in [4.78, 5) is 11.8. The molecule has 0 aliphatic carbocycles. The summed E-state index contributed by atoms with van der Waals surface area (Å²) in [6.45, 7) is 4.14. The molecule has 0 aliphatic rings. The first-order chi connectivity index (χ1) is 7.04. The van der Waals surface area contributed by atoms with Crippen molar-refractivity contribution in [3.05, 3.63) is 33.8 Å². The first-order valence-electron chi connectivity index (χ1n) is 5.02. The standard InChI is InChI=1S/C12H14Cl2O/c1-3-8(2)6-12(15)9-4-5-10(13)11(14)7-9/h4-5,7-8H,3,6H2,1-2H3. The van der Waals surface area contributed by atoms with E-state index in [4.69, 9.17) is 23.2 Å². The number of carbonyl (C=O) groups excluding carboxylic acids is 1. The third kappa shape index (κ3) is 3.51. The third-order valence-electron chi connectivity index (χ3n) is 2.47. The van der Waals surface area contributed by atoms with Crippen LogP contribution in [0.25, 0.3) is 0 Å². The molecule has 0 heterocycles. The van der Waals surface area contributed by atoms with Crippen molar-refractivity contribution in [1.82, 2.24) is 0 Å². The Balaban J connectivity index is 2.78. The molecule has 15 heavy (non-hydrogen) atoms. The fraction of sp³-hybridized carbons (Fsp3) is 0.417. The van der Waals surface area contributed by atoms with Crippen LogP contribution in [0.15, 0.2) is 18.2 Å². The predicted octanol–water partition coefficient (Wildman–Crippen LogP) is 4.61. The number of halogens is 2. The molecule has 0 amide bonds. The van der Waals surface area contributed by atoms with Gasteiger partial charge in [0.2, 0.25) is 0 Å². The smallest absolute Gasteiger partial charge is 0.163 e. The molecule has 1 aromatic carbocycles. The summed E-state index contributed by atoms with van der Waals surface area (Å²) in [6.07, 6.45) is 1.57. The number of hydrogen-bond donors (Lipinski definition) is 0. The molecule has 82 valence electrons. The molecule has 0 radical (unpaired) electrons. The van der Waals surface area contributed by atoms with Gasteiger partial charge in [0.05, 0.1) is 10.0 Å². The number of carbonyl (C=O) groups is 1. The maximum absolute atomic E-state index is 11.8. The molecule has 0 aromatic heterocycles. The normalized spacial score (nSPS) is 12.5. The zero-order valence-corrected chi connectivity index (χ0v) is 10.4. The van der Waals surface area contributed by atoms with Crippen LogP contribution in [0.2, 0.25) is 10.0 Å². The number of hydrogen-bond acceptors (Lipinski definition) is 1. The van der Waals surface area contributed by atoms with Crippen LogP contribution in [0.1, 0.15) is 37.0 Å². The van der Waals surface area contributed by atoms with E-state index in [0.717, 1.165) is 6.42 Å². The first kappa shape index (κ1) is 12.5. The summed E-state index contributed by atoms with van der Waals surface area (Å²) in [5.41, 5.74) is 0.643. The number of Topliss-reactive ketones (excluding diaryl/α,β-unsaturated/α-hetero) is 1. The highest BCUT2D eigenvalue weighted by molar-refractivity contribution is 6.42. The molecule has 3 heteroatoms. The Hall–Kier alpha value is -0.530. The number of rotatable bonds is 4. The van der Waals surface area contributed by atoms with E-state index in [1.165, 1.54) is 0 Å². The zero-order chi connectivity index (χ0) is 11.4. The fourth-order valence-corrected chi connectivity index (χ4v) is 1.55. The molecule has 0 saturated heterocycles. The first-order valence-corrected chi connectivity index (χ1v) is 5.78. The second-order valence-corrected chi connectivity index (χ2v) is 4.58.